The molecule has 3 rings (SSSR count). The van der Waals surface area contributed by atoms with E-state index in [9.17, 15) is 10.1 Å². The van der Waals surface area contributed by atoms with Gasteiger partial charge in [-0.05, 0) is 53.6 Å². The van der Waals surface area contributed by atoms with Crippen LogP contribution in [0.2, 0.25) is 10.0 Å². The average Bonchev–Trinajstić information content (AvgIpc) is 2.86. The highest BCUT2D eigenvalue weighted by Gasteiger charge is 2.12. The molecule has 0 bridgehead atoms. The van der Waals surface area contributed by atoms with E-state index in [0.717, 1.165) is 11.1 Å². The number of halogens is 2. The minimum atomic E-state index is -0.514. The third-order valence-electron chi connectivity index (χ3n) is 4.87. The van der Waals surface area contributed by atoms with Crippen molar-refractivity contribution in [3.05, 3.63) is 93.0 Å². The van der Waals surface area contributed by atoms with Gasteiger partial charge in [0.2, 0.25) is 0 Å². The molecule has 0 aliphatic rings. The second kappa shape index (κ2) is 12.0. The molecule has 0 saturated carbocycles. The van der Waals surface area contributed by atoms with Crippen LogP contribution < -0.4 is 19.5 Å². The summed E-state index contributed by atoms with van der Waals surface area (Å²) in [6.07, 6.45) is 1.47. The third kappa shape index (κ3) is 6.67. The van der Waals surface area contributed by atoms with Crippen LogP contribution in [0.5, 0.6) is 17.2 Å². The SMILES string of the molecule is COc1ccc(CNC(=O)/C(C#N)=C/c2ccc(OCc3ccc(Cl)cc3)c(Cl)c2)c(OC)c1. The Hall–Kier alpha value is -3.66. The normalized spacial score (nSPS) is 10.9. The molecule has 0 aromatic heterocycles. The molecule has 6 nitrogen and oxygen atoms in total. The Morgan fingerprint density at radius 3 is 2.41 bits per heavy atom. The van der Waals surface area contributed by atoms with Crippen LogP contribution >= 0.6 is 23.2 Å². The molecule has 0 atom stereocenters. The second-order valence-corrected chi connectivity index (χ2v) is 7.98. The van der Waals surface area contributed by atoms with Gasteiger partial charge in [-0.1, -0.05) is 41.4 Å². The fraction of sp³-hybridized carbons (Fsp3) is 0.154. The topological polar surface area (TPSA) is 80.6 Å². The van der Waals surface area contributed by atoms with Crippen LogP contribution in [-0.4, -0.2) is 20.1 Å². The summed E-state index contributed by atoms with van der Waals surface area (Å²) >= 11 is 12.2. The van der Waals surface area contributed by atoms with Gasteiger partial charge >= 0.3 is 0 Å². The lowest BCUT2D eigenvalue weighted by Gasteiger charge is -2.11. The molecule has 1 amide bonds. The van der Waals surface area contributed by atoms with Crippen molar-refractivity contribution in [3.63, 3.8) is 0 Å². The number of hydrogen-bond donors (Lipinski definition) is 1. The first-order valence-corrected chi connectivity index (χ1v) is 11.0. The predicted molar refractivity (Wildman–Crippen MR) is 132 cm³/mol. The van der Waals surface area contributed by atoms with Gasteiger partial charge in [0.05, 0.1) is 19.2 Å². The zero-order valence-electron chi connectivity index (χ0n) is 18.6. The molecule has 3 aromatic carbocycles. The van der Waals surface area contributed by atoms with Crippen molar-refractivity contribution in [1.29, 1.82) is 5.26 Å². The first-order chi connectivity index (χ1) is 16.4. The Balaban J connectivity index is 1.66. The molecule has 174 valence electrons. The number of carbonyl (C=O) groups is 1. The summed E-state index contributed by atoms with van der Waals surface area (Å²) in [4.78, 5) is 12.6. The van der Waals surface area contributed by atoms with E-state index in [4.69, 9.17) is 37.4 Å². The maximum absolute atomic E-state index is 12.6. The number of benzene rings is 3. The lowest BCUT2D eigenvalue weighted by molar-refractivity contribution is -0.117. The lowest BCUT2D eigenvalue weighted by atomic mass is 10.1. The number of nitrogens with one attached hydrogen (secondary N) is 1. The van der Waals surface area contributed by atoms with Crippen molar-refractivity contribution in [2.45, 2.75) is 13.2 Å². The molecule has 0 aliphatic carbocycles. The molecule has 0 unspecified atom stereocenters. The summed E-state index contributed by atoms with van der Waals surface area (Å²) in [5.74, 6) is 1.19. The minimum absolute atomic E-state index is 0.0571. The van der Waals surface area contributed by atoms with E-state index in [1.807, 2.05) is 18.2 Å². The van der Waals surface area contributed by atoms with Gasteiger partial charge in [0.15, 0.2) is 0 Å². The van der Waals surface area contributed by atoms with E-state index in [2.05, 4.69) is 5.32 Å². The Kier molecular flexibility index (Phi) is 8.80. The van der Waals surface area contributed by atoms with E-state index in [1.165, 1.54) is 13.2 Å². The lowest BCUT2D eigenvalue weighted by Crippen LogP contribution is -2.24. The predicted octanol–water partition coefficient (Wildman–Crippen LogP) is 5.81. The molecule has 0 radical (unpaired) electrons. The molecule has 0 aliphatic heterocycles. The summed E-state index contributed by atoms with van der Waals surface area (Å²) in [6, 6.07) is 19.6. The number of nitriles is 1. The maximum Gasteiger partial charge on any atom is 0.262 e. The quantitative estimate of drug-likeness (QED) is 0.298. The second-order valence-electron chi connectivity index (χ2n) is 7.14. The van der Waals surface area contributed by atoms with Crippen molar-refractivity contribution in [3.8, 4) is 23.3 Å². The van der Waals surface area contributed by atoms with Crippen molar-refractivity contribution < 1.29 is 19.0 Å². The van der Waals surface area contributed by atoms with Crippen LogP contribution in [0.3, 0.4) is 0 Å². The van der Waals surface area contributed by atoms with Crippen LogP contribution in [0.25, 0.3) is 6.08 Å². The van der Waals surface area contributed by atoms with Gasteiger partial charge < -0.3 is 19.5 Å². The van der Waals surface area contributed by atoms with Gasteiger partial charge in [0.25, 0.3) is 5.91 Å². The molecule has 8 heteroatoms. The van der Waals surface area contributed by atoms with Gasteiger partial charge in [-0.25, -0.2) is 0 Å². The number of nitrogens with zero attached hydrogens (tertiary/aromatic N) is 1. The molecular formula is C26H22Cl2N2O4. The number of amides is 1. The smallest absolute Gasteiger partial charge is 0.262 e. The Labute approximate surface area is 208 Å². The molecule has 1 N–H and O–H groups in total. The fourth-order valence-corrected chi connectivity index (χ4v) is 3.42. The van der Waals surface area contributed by atoms with Crippen molar-refractivity contribution in [2.24, 2.45) is 0 Å². The molecule has 3 aromatic rings. The first-order valence-electron chi connectivity index (χ1n) is 10.2. The molecular weight excluding hydrogens is 475 g/mol. The van der Waals surface area contributed by atoms with Crippen LogP contribution in [0.1, 0.15) is 16.7 Å². The van der Waals surface area contributed by atoms with Gasteiger partial charge in [-0.3, -0.25) is 4.79 Å². The molecule has 0 heterocycles. The zero-order chi connectivity index (χ0) is 24.5. The maximum atomic E-state index is 12.6. The summed E-state index contributed by atoms with van der Waals surface area (Å²) in [6.45, 7) is 0.510. The molecule has 0 fully saturated rings. The van der Waals surface area contributed by atoms with E-state index >= 15 is 0 Å². The van der Waals surface area contributed by atoms with E-state index in [1.54, 1.807) is 55.6 Å². The summed E-state index contributed by atoms with van der Waals surface area (Å²) in [7, 11) is 3.10. The fourth-order valence-electron chi connectivity index (χ4n) is 3.05. The largest absolute Gasteiger partial charge is 0.497 e. The molecule has 0 spiro atoms. The summed E-state index contributed by atoms with van der Waals surface area (Å²) in [5, 5.41) is 13.2. The van der Waals surface area contributed by atoms with Gasteiger partial charge in [0, 0.05) is 23.2 Å². The highest BCUT2D eigenvalue weighted by Crippen LogP contribution is 2.28. The first kappa shape index (κ1) is 25.0. The highest BCUT2D eigenvalue weighted by atomic mass is 35.5. The van der Waals surface area contributed by atoms with Crippen LogP contribution in [0, 0.1) is 11.3 Å². The zero-order valence-corrected chi connectivity index (χ0v) is 20.1. The van der Waals surface area contributed by atoms with Crippen molar-refractivity contribution in [2.75, 3.05) is 14.2 Å². The van der Waals surface area contributed by atoms with Gasteiger partial charge in [-0.15, -0.1) is 0 Å². The van der Waals surface area contributed by atoms with E-state index < -0.39 is 5.91 Å². The van der Waals surface area contributed by atoms with Crippen molar-refractivity contribution in [1.82, 2.24) is 5.32 Å². The Morgan fingerprint density at radius 1 is 1.00 bits per heavy atom. The number of methoxy groups -OCH3 is 2. The van der Waals surface area contributed by atoms with Gasteiger partial charge in [0.1, 0.15) is 35.5 Å². The van der Waals surface area contributed by atoms with Crippen LogP contribution in [0.15, 0.2) is 66.2 Å². The number of rotatable bonds is 9. The summed E-state index contributed by atoms with van der Waals surface area (Å²) < 4.78 is 16.3. The molecule has 34 heavy (non-hydrogen) atoms. The third-order valence-corrected chi connectivity index (χ3v) is 5.42. The number of ether oxygens (including phenoxy) is 3. The standard InChI is InChI=1S/C26H22Cl2N2O4/c1-32-22-9-6-19(25(13-22)33-2)15-30-26(31)20(14-29)11-18-5-10-24(23(28)12-18)34-16-17-3-7-21(27)8-4-17/h3-13H,15-16H2,1-2H3,(H,30,31)/b20-11+. The van der Waals surface area contributed by atoms with E-state index in [-0.39, 0.29) is 12.1 Å². The Bertz CT molecular complexity index is 1230. The minimum Gasteiger partial charge on any atom is -0.497 e. The molecule has 0 saturated heterocycles. The summed E-state index contributed by atoms with van der Waals surface area (Å²) in [5.41, 5.74) is 2.23. The average molecular weight is 497 g/mol. The van der Waals surface area contributed by atoms with Crippen LogP contribution in [0.4, 0.5) is 0 Å². The van der Waals surface area contributed by atoms with Crippen LogP contribution in [-0.2, 0) is 17.9 Å². The van der Waals surface area contributed by atoms with E-state index in [0.29, 0.717) is 39.5 Å². The number of carbonyl (C=O) groups excluding carboxylic acids is 1. The Morgan fingerprint density at radius 2 is 1.76 bits per heavy atom. The number of hydrogen-bond acceptors (Lipinski definition) is 5. The van der Waals surface area contributed by atoms with Crippen molar-refractivity contribution >= 4 is 35.2 Å². The van der Waals surface area contributed by atoms with Gasteiger partial charge in [-0.2, -0.15) is 5.26 Å². The monoisotopic (exact) mass is 496 g/mol. The highest BCUT2D eigenvalue weighted by molar-refractivity contribution is 6.32.